The first kappa shape index (κ1) is 16.9. The zero-order valence-electron chi connectivity index (χ0n) is 16.1. The third-order valence-electron chi connectivity index (χ3n) is 4.94. The smallest absolute Gasteiger partial charge is 0.0804 e. The normalized spacial score (nSPS) is 12.0. The molecule has 2 aromatic heterocycles. The van der Waals surface area contributed by atoms with Crippen LogP contribution in [0.25, 0.3) is 32.9 Å². The Balaban J connectivity index is 2.06. The molecule has 0 unspecified atom stereocenters. The van der Waals surface area contributed by atoms with Crippen molar-refractivity contribution in [1.29, 1.82) is 0 Å². The highest BCUT2D eigenvalue weighted by atomic mass is 28.3. The minimum absolute atomic E-state index is 1.02. The topological polar surface area (TPSA) is 25.8 Å². The van der Waals surface area contributed by atoms with Crippen LogP contribution in [0.4, 0.5) is 0 Å². The van der Waals surface area contributed by atoms with Gasteiger partial charge in [-0.15, -0.1) is 0 Å². The van der Waals surface area contributed by atoms with E-state index in [9.17, 15) is 0 Å². The Labute approximate surface area is 155 Å². The number of aromatic nitrogens is 2. The Kier molecular flexibility index (Phi) is 3.92. The van der Waals surface area contributed by atoms with Crippen LogP contribution in [0, 0.1) is 13.8 Å². The van der Waals surface area contributed by atoms with Crippen molar-refractivity contribution in [3.63, 3.8) is 0 Å². The Morgan fingerprint density at radius 1 is 0.769 bits per heavy atom. The monoisotopic (exact) mass is 356 g/mol. The molecule has 2 aromatic carbocycles. The molecule has 26 heavy (non-hydrogen) atoms. The molecule has 0 aliphatic carbocycles. The SMILES string of the molecule is Cc1cc(C)cc(-c2nccc3c2cnc2c([Si](C)(C)C)cccc23)c1. The molecule has 3 heteroatoms. The van der Waals surface area contributed by atoms with Crippen molar-refractivity contribution in [1.82, 2.24) is 9.97 Å². The van der Waals surface area contributed by atoms with Crippen LogP contribution >= 0.6 is 0 Å². The number of para-hydroxylation sites is 1. The lowest BCUT2D eigenvalue weighted by molar-refractivity contribution is 1.32. The minimum atomic E-state index is -1.46. The predicted molar refractivity (Wildman–Crippen MR) is 115 cm³/mol. The second kappa shape index (κ2) is 6.03. The number of rotatable bonds is 2. The molecule has 0 atom stereocenters. The summed E-state index contributed by atoms with van der Waals surface area (Å²) < 4.78 is 0. The number of aryl methyl sites for hydroxylation is 2. The van der Waals surface area contributed by atoms with Crippen LogP contribution in [-0.2, 0) is 0 Å². The van der Waals surface area contributed by atoms with Crippen molar-refractivity contribution in [2.24, 2.45) is 0 Å². The number of fused-ring (bicyclic) bond motifs is 3. The van der Waals surface area contributed by atoms with Gasteiger partial charge in [-0.05, 0) is 42.6 Å². The third-order valence-corrected chi connectivity index (χ3v) is 6.96. The summed E-state index contributed by atoms with van der Waals surface area (Å²) in [6, 6.07) is 15.4. The highest BCUT2D eigenvalue weighted by Crippen LogP contribution is 2.31. The van der Waals surface area contributed by atoms with Crippen molar-refractivity contribution in [3.8, 4) is 11.3 Å². The molecule has 0 spiro atoms. The van der Waals surface area contributed by atoms with E-state index in [0.29, 0.717) is 0 Å². The van der Waals surface area contributed by atoms with E-state index in [1.807, 2.05) is 12.4 Å². The Morgan fingerprint density at radius 3 is 2.19 bits per heavy atom. The zero-order chi connectivity index (χ0) is 18.5. The molecule has 0 fully saturated rings. The molecule has 0 saturated heterocycles. The molecule has 2 nitrogen and oxygen atoms in total. The lowest BCUT2D eigenvalue weighted by Crippen LogP contribution is -2.38. The lowest BCUT2D eigenvalue weighted by atomic mass is 9.99. The van der Waals surface area contributed by atoms with E-state index >= 15 is 0 Å². The molecule has 4 aromatic rings. The van der Waals surface area contributed by atoms with Gasteiger partial charge in [0.25, 0.3) is 0 Å². The van der Waals surface area contributed by atoms with E-state index in [4.69, 9.17) is 9.97 Å². The fourth-order valence-corrected chi connectivity index (χ4v) is 5.32. The average Bonchev–Trinajstić information content (AvgIpc) is 2.58. The third kappa shape index (κ3) is 2.82. The summed E-state index contributed by atoms with van der Waals surface area (Å²) in [5, 5.41) is 5.01. The second-order valence-electron chi connectivity index (χ2n) is 8.21. The van der Waals surface area contributed by atoms with Crippen LogP contribution in [0.5, 0.6) is 0 Å². The maximum Gasteiger partial charge on any atom is 0.0804 e. The molecule has 130 valence electrons. The molecule has 4 rings (SSSR count). The lowest BCUT2D eigenvalue weighted by Gasteiger charge is -2.19. The van der Waals surface area contributed by atoms with E-state index in [0.717, 1.165) is 22.2 Å². The van der Waals surface area contributed by atoms with E-state index in [1.54, 1.807) is 0 Å². The van der Waals surface area contributed by atoms with Gasteiger partial charge in [-0.1, -0.05) is 55.0 Å². The number of hydrogen-bond donors (Lipinski definition) is 0. The summed E-state index contributed by atoms with van der Waals surface area (Å²) >= 11 is 0. The molecule has 0 saturated carbocycles. The molecule has 0 aliphatic rings. The van der Waals surface area contributed by atoms with E-state index < -0.39 is 8.07 Å². The van der Waals surface area contributed by atoms with Gasteiger partial charge in [-0.3, -0.25) is 9.97 Å². The maximum atomic E-state index is 4.90. The van der Waals surface area contributed by atoms with Crippen molar-refractivity contribution >= 4 is 34.9 Å². The van der Waals surface area contributed by atoms with Crippen LogP contribution < -0.4 is 5.19 Å². The first-order valence-corrected chi connectivity index (χ1v) is 12.6. The number of nitrogens with zero attached hydrogens (tertiary/aromatic N) is 2. The fraction of sp³-hybridized carbons (Fsp3) is 0.217. The summed E-state index contributed by atoms with van der Waals surface area (Å²) in [6.07, 6.45) is 3.94. The zero-order valence-corrected chi connectivity index (χ0v) is 17.1. The number of benzene rings is 2. The number of hydrogen-bond acceptors (Lipinski definition) is 2. The number of pyridine rings is 2. The first-order valence-electron chi connectivity index (χ1n) is 9.10. The van der Waals surface area contributed by atoms with Crippen LogP contribution in [0.15, 0.2) is 54.9 Å². The van der Waals surface area contributed by atoms with Gasteiger partial charge in [-0.25, -0.2) is 0 Å². The fourth-order valence-electron chi connectivity index (χ4n) is 3.81. The van der Waals surface area contributed by atoms with Gasteiger partial charge >= 0.3 is 0 Å². The van der Waals surface area contributed by atoms with Gasteiger partial charge in [0.15, 0.2) is 0 Å². The minimum Gasteiger partial charge on any atom is -0.256 e. The Hall–Kier alpha value is -2.52. The van der Waals surface area contributed by atoms with Gasteiger partial charge in [-0.2, -0.15) is 0 Å². The molecule has 2 heterocycles. The van der Waals surface area contributed by atoms with Crippen molar-refractivity contribution in [3.05, 3.63) is 66.0 Å². The van der Waals surface area contributed by atoms with Gasteiger partial charge < -0.3 is 0 Å². The molecule has 0 aliphatic heterocycles. The summed E-state index contributed by atoms with van der Waals surface area (Å²) in [4.78, 5) is 9.61. The van der Waals surface area contributed by atoms with Gasteiger partial charge in [0.2, 0.25) is 0 Å². The molecular weight excluding hydrogens is 332 g/mol. The van der Waals surface area contributed by atoms with Crippen LogP contribution in [0.2, 0.25) is 19.6 Å². The van der Waals surface area contributed by atoms with Gasteiger partial charge in [0, 0.05) is 28.7 Å². The summed E-state index contributed by atoms with van der Waals surface area (Å²) in [5.41, 5.74) is 5.84. The Morgan fingerprint density at radius 2 is 1.50 bits per heavy atom. The standard InChI is InChI=1S/C23H24N2Si/c1-15-11-16(2)13-17(12-15)22-20-14-25-23-19(18(20)9-10-24-22)7-6-8-21(23)26(3,4)5/h6-14H,1-5H3. The van der Waals surface area contributed by atoms with Crippen LogP contribution in [-0.4, -0.2) is 18.0 Å². The quantitative estimate of drug-likeness (QED) is 0.344. The highest BCUT2D eigenvalue weighted by Gasteiger charge is 2.21. The van der Waals surface area contributed by atoms with E-state index in [2.05, 4.69) is 76.0 Å². The van der Waals surface area contributed by atoms with Crippen molar-refractivity contribution in [2.45, 2.75) is 33.5 Å². The van der Waals surface area contributed by atoms with Crippen LogP contribution in [0.3, 0.4) is 0 Å². The molecular formula is C23H24N2Si. The van der Waals surface area contributed by atoms with Gasteiger partial charge in [0.1, 0.15) is 0 Å². The maximum absolute atomic E-state index is 4.90. The summed E-state index contributed by atoms with van der Waals surface area (Å²) in [5.74, 6) is 0. The predicted octanol–water partition coefficient (Wildman–Crippen LogP) is 5.61. The molecule has 0 bridgehead atoms. The van der Waals surface area contributed by atoms with E-state index in [-0.39, 0.29) is 0 Å². The first-order chi connectivity index (χ1) is 12.3. The average molecular weight is 357 g/mol. The summed E-state index contributed by atoms with van der Waals surface area (Å²) in [6.45, 7) is 11.4. The van der Waals surface area contributed by atoms with Crippen molar-refractivity contribution < 1.29 is 0 Å². The van der Waals surface area contributed by atoms with Crippen LogP contribution in [0.1, 0.15) is 11.1 Å². The van der Waals surface area contributed by atoms with Gasteiger partial charge in [0.05, 0.1) is 19.3 Å². The molecule has 0 N–H and O–H groups in total. The van der Waals surface area contributed by atoms with Crippen molar-refractivity contribution in [2.75, 3.05) is 0 Å². The summed E-state index contributed by atoms with van der Waals surface area (Å²) in [7, 11) is -1.46. The highest BCUT2D eigenvalue weighted by molar-refractivity contribution is 6.90. The molecule has 0 amide bonds. The molecule has 0 radical (unpaired) electrons. The van der Waals surface area contributed by atoms with E-state index in [1.165, 1.54) is 27.1 Å². The largest absolute Gasteiger partial charge is 0.256 e. The second-order valence-corrected chi connectivity index (χ2v) is 13.2. The Bertz CT molecular complexity index is 1120.